The zero-order valence-electron chi connectivity index (χ0n) is 11.7. The van der Waals surface area contributed by atoms with E-state index in [1.807, 2.05) is 27.7 Å². The van der Waals surface area contributed by atoms with Gasteiger partial charge >= 0.3 is 5.97 Å². The van der Waals surface area contributed by atoms with Crippen molar-refractivity contribution in [1.82, 2.24) is 9.97 Å². The van der Waals surface area contributed by atoms with Crippen molar-refractivity contribution < 1.29 is 19.4 Å². The molecule has 0 spiro atoms. The van der Waals surface area contributed by atoms with Crippen LogP contribution < -0.4 is 4.74 Å². The summed E-state index contributed by atoms with van der Waals surface area (Å²) < 4.78 is 10.7. The second-order valence-corrected chi connectivity index (χ2v) is 4.67. The highest BCUT2D eigenvalue weighted by Crippen LogP contribution is 2.18. The van der Waals surface area contributed by atoms with Crippen LogP contribution in [-0.2, 0) is 4.74 Å². The maximum Gasteiger partial charge on any atom is 0.358 e. The summed E-state index contributed by atoms with van der Waals surface area (Å²) in [6.07, 6.45) is 1.52. The minimum atomic E-state index is -1.12. The van der Waals surface area contributed by atoms with Gasteiger partial charge in [-0.25, -0.2) is 14.8 Å². The quantitative estimate of drug-likeness (QED) is 0.763. The molecule has 0 aliphatic rings. The van der Waals surface area contributed by atoms with Crippen LogP contribution in [0.4, 0.5) is 0 Å². The third-order valence-electron chi connectivity index (χ3n) is 2.28. The van der Waals surface area contributed by atoms with Crippen molar-refractivity contribution in [2.24, 2.45) is 0 Å². The number of carbonyl (C=O) groups is 1. The Balaban J connectivity index is 2.74. The van der Waals surface area contributed by atoms with Gasteiger partial charge in [-0.05, 0) is 13.8 Å². The lowest BCUT2D eigenvalue weighted by atomic mass is 10.2. The van der Waals surface area contributed by atoms with Crippen LogP contribution in [-0.4, -0.2) is 40.4 Å². The normalized spacial score (nSPS) is 11.1. The highest BCUT2D eigenvalue weighted by molar-refractivity contribution is 5.88. The van der Waals surface area contributed by atoms with E-state index >= 15 is 0 Å². The maximum absolute atomic E-state index is 11.1. The summed E-state index contributed by atoms with van der Waals surface area (Å²) in [7, 11) is 0. The van der Waals surface area contributed by atoms with Crippen LogP contribution in [0.2, 0.25) is 0 Å². The number of rotatable bonds is 7. The lowest BCUT2D eigenvalue weighted by molar-refractivity contribution is 0.0534. The minimum Gasteiger partial charge on any atom is -0.487 e. The zero-order valence-corrected chi connectivity index (χ0v) is 11.7. The Kier molecular flexibility index (Phi) is 5.69. The number of aromatic nitrogens is 2. The fraction of sp³-hybridized carbons (Fsp3) is 0.615. The number of carboxylic acids is 1. The lowest BCUT2D eigenvalue weighted by Gasteiger charge is -2.11. The van der Waals surface area contributed by atoms with Crippen LogP contribution in [0.3, 0.4) is 0 Å². The molecule has 0 saturated carbocycles. The number of carboxylic acid groups (broad SMARTS) is 1. The van der Waals surface area contributed by atoms with Gasteiger partial charge in [-0.2, -0.15) is 0 Å². The Labute approximate surface area is 112 Å². The number of nitrogens with zero attached hydrogens (tertiary/aromatic N) is 2. The third-order valence-corrected chi connectivity index (χ3v) is 2.28. The van der Waals surface area contributed by atoms with Gasteiger partial charge in [0.25, 0.3) is 0 Å². The molecule has 0 aliphatic carbocycles. The highest BCUT2D eigenvalue weighted by Gasteiger charge is 2.16. The third kappa shape index (κ3) is 4.82. The molecule has 0 saturated heterocycles. The van der Waals surface area contributed by atoms with Crippen LogP contribution in [0.15, 0.2) is 6.20 Å². The first-order chi connectivity index (χ1) is 8.91. The molecular formula is C13H20N2O4. The molecule has 19 heavy (non-hydrogen) atoms. The van der Waals surface area contributed by atoms with E-state index in [1.165, 1.54) is 6.20 Å². The van der Waals surface area contributed by atoms with Crippen LogP contribution in [0.1, 0.15) is 49.9 Å². The van der Waals surface area contributed by atoms with E-state index in [4.69, 9.17) is 14.6 Å². The van der Waals surface area contributed by atoms with Crippen molar-refractivity contribution in [3.63, 3.8) is 0 Å². The van der Waals surface area contributed by atoms with Gasteiger partial charge in [-0.3, -0.25) is 0 Å². The second-order valence-electron chi connectivity index (χ2n) is 4.67. The average molecular weight is 268 g/mol. The standard InChI is InChI=1S/C13H20N2O4/c1-8(2)12-14-7-10(11(15-12)13(16)17)19-6-5-18-9(3)4/h7-9H,5-6H2,1-4H3,(H,16,17). The zero-order chi connectivity index (χ0) is 14.4. The smallest absolute Gasteiger partial charge is 0.358 e. The number of hydrogen-bond donors (Lipinski definition) is 1. The maximum atomic E-state index is 11.1. The topological polar surface area (TPSA) is 81.5 Å². The number of hydrogen-bond acceptors (Lipinski definition) is 5. The Morgan fingerprint density at radius 3 is 2.53 bits per heavy atom. The van der Waals surface area contributed by atoms with Gasteiger partial charge in [0.1, 0.15) is 12.4 Å². The molecule has 1 aromatic rings. The Hall–Kier alpha value is -1.69. The fourth-order valence-electron chi connectivity index (χ4n) is 1.36. The van der Waals surface area contributed by atoms with E-state index in [9.17, 15) is 4.79 Å². The summed E-state index contributed by atoms with van der Waals surface area (Å²) in [5.74, 6) is -0.395. The molecule has 0 radical (unpaired) electrons. The van der Waals surface area contributed by atoms with E-state index in [0.29, 0.717) is 12.4 Å². The van der Waals surface area contributed by atoms with Crippen molar-refractivity contribution in [3.05, 3.63) is 17.7 Å². The highest BCUT2D eigenvalue weighted by atomic mass is 16.5. The van der Waals surface area contributed by atoms with Crippen molar-refractivity contribution in [2.45, 2.75) is 39.7 Å². The van der Waals surface area contributed by atoms with Gasteiger partial charge in [0, 0.05) is 5.92 Å². The van der Waals surface area contributed by atoms with Gasteiger partial charge in [-0.1, -0.05) is 13.8 Å². The molecule has 1 aromatic heterocycles. The van der Waals surface area contributed by atoms with Gasteiger partial charge in [0.15, 0.2) is 11.4 Å². The number of aromatic carboxylic acids is 1. The van der Waals surface area contributed by atoms with Crippen LogP contribution >= 0.6 is 0 Å². The Bertz CT molecular complexity index is 433. The first-order valence-electron chi connectivity index (χ1n) is 6.26. The molecule has 1 rings (SSSR count). The largest absolute Gasteiger partial charge is 0.487 e. The Morgan fingerprint density at radius 2 is 2.00 bits per heavy atom. The summed E-state index contributed by atoms with van der Waals surface area (Å²) in [6, 6.07) is 0. The summed E-state index contributed by atoms with van der Waals surface area (Å²) in [5, 5.41) is 9.12. The molecule has 0 unspecified atom stereocenters. The molecule has 1 heterocycles. The molecule has 0 aromatic carbocycles. The van der Waals surface area contributed by atoms with Gasteiger partial charge < -0.3 is 14.6 Å². The molecule has 106 valence electrons. The van der Waals surface area contributed by atoms with Crippen molar-refractivity contribution in [1.29, 1.82) is 0 Å². The molecule has 6 heteroatoms. The molecule has 1 N–H and O–H groups in total. The second kappa shape index (κ2) is 7.04. The fourth-order valence-corrected chi connectivity index (χ4v) is 1.36. The first-order valence-corrected chi connectivity index (χ1v) is 6.26. The predicted molar refractivity (Wildman–Crippen MR) is 69.7 cm³/mol. The SMILES string of the molecule is CC(C)OCCOc1cnc(C(C)C)nc1C(=O)O. The van der Waals surface area contributed by atoms with Gasteiger partial charge in [0.2, 0.25) is 0 Å². The average Bonchev–Trinajstić information content (AvgIpc) is 2.34. The molecule has 0 amide bonds. The van der Waals surface area contributed by atoms with E-state index in [-0.39, 0.29) is 30.1 Å². The predicted octanol–water partition coefficient (Wildman–Crippen LogP) is 2.10. The van der Waals surface area contributed by atoms with Crippen molar-refractivity contribution in [3.8, 4) is 5.75 Å². The summed E-state index contributed by atoms with van der Waals surface area (Å²) in [6.45, 7) is 8.30. The van der Waals surface area contributed by atoms with E-state index in [0.717, 1.165) is 0 Å². The monoisotopic (exact) mass is 268 g/mol. The molecule has 0 bridgehead atoms. The summed E-state index contributed by atoms with van der Waals surface area (Å²) >= 11 is 0. The molecule has 0 fully saturated rings. The molecular weight excluding hydrogens is 248 g/mol. The molecule has 0 atom stereocenters. The van der Waals surface area contributed by atoms with Crippen LogP contribution in [0.25, 0.3) is 0 Å². The van der Waals surface area contributed by atoms with E-state index in [2.05, 4.69) is 9.97 Å². The first kappa shape index (κ1) is 15.4. The van der Waals surface area contributed by atoms with Gasteiger partial charge in [0.05, 0.1) is 18.9 Å². The van der Waals surface area contributed by atoms with Gasteiger partial charge in [-0.15, -0.1) is 0 Å². The van der Waals surface area contributed by atoms with Crippen molar-refractivity contribution >= 4 is 5.97 Å². The Morgan fingerprint density at radius 1 is 1.32 bits per heavy atom. The van der Waals surface area contributed by atoms with Crippen LogP contribution in [0.5, 0.6) is 5.75 Å². The van der Waals surface area contributed by atoms with E-state index in [1.54, 1.807) is 0 Å². The van der Waals surface area contributed by atoms with E-state index < -0.39 is 5.97 Å². The molecule has 0 aliphatic heterocycles. The summed E-state index contributed by atoms with van der Waals surface area (Å²) in [4.78, 5) is 19.2. The van der Waals surface area contributed by atoms with Crippen molar-refractivity contribution in [2.75, 3.05) is 13.2 Å². The lowest BCUT2D eigenvalue weighted by Crippen LogP contribution is -2.14. The minimum absolute atomic E-state index is 0.0661. The number of ether oxygens (including phenoxy) is 2. The summed E-state index contributed by atoms with van der Waals surface area (Å²) in [5.41, 5.74) is -0.108. The van der Waals surface area contributed by atoms with Crippen LogP contribution in [0, 0.1) is 0 Å². The molecule has 6 nitrogen and oxygen atoms in total.